The predicted octanol–water partition coefficient (Wildman–Crippen LogP) is 1.14. The molecule has 1 N–H and O–H groups in total. The van der Waals surface area contributed by atoms with Gasteiger partial charge in [-0.05, 0) is 25.5 Å². The molecule has 2 aromatic rings. The number of rotatable bonds is 5. The number of aryl methyl sites for hydroxylation is 1. The molecule has 3 rings (SSSR count). The fourth-order valence-corrected chi connectivity index (χ4v) is 4.22. The Bertz CT molecular complexity index is 977. The summed E-state index contributed by atoms with van der Waals surface area (Å²) in [5.74, 6) is -0.566. The van der Waals surface area contributed by atoms with Gasteiger partial charge in [-0.25, -0.2) is 14.8 Å². The summed E-state index contributed by atoms with van der Waals surface area (Å²) in [5.41, 5.74) is 1.98. The van der Waals surface area contributed by atoms with Crippen molar-refractivity contribution in [1.29, 1.82) is 0 Å². The third-order valence-electron chi connectivity index (χ3n) is 4.50. The summed E-state index contributed by atoms with van der Waals surface area (Å²) in [4.78, 5) is 24.0. The molecule has 10 heteroatoms. The van der Waals surface area contributed by atoms with Crippen LogP contribution < -0.4 is 0 Å². The first-order valence-electron chi connectivity index (χ1n) is 8.40. The zero-order valence-electron chi connectivity index (χ0n) is 15.3. The van der Waals surface area contributed by atoms with Crippen molar-refractivity contribution in [3.8, 4) is 11.3 Å². The third-order valence-corrected chi connectivity index (χ3v) is 6.40. The van der Waals surface area contributed by atoms with Gasteiger partial charge >= 0.3 is 5.97 Å². The molecular formula is C17H21N5O4S. The van der Waals surface area contributed by atoms with Crippen LogP contribution in [0.5, 0.6) is 0 Å². The summed E-state index contributed by atoms with van der Waals surface area (Å²) >= 11 is 0. The average Bonchev–Trinajstić information content (AvgIpc) is 3.12. The monoisotopic (exact) mass is 391 g/mol. The van der Waals surface area contributed by atoms with Crippen molar-refractivity contribution in [2.24, 2.45) is 0 Å². The number of aromatic nitrogens is 3. The maximum atomic E-state index is 12.3. The first kappa shape index (κ1) is 19.3. The van der Waals surface area contributed by atoms with E-state index in [4.69, 9.17) is 5.11 Å². The summed E-state index contributed by atoms with van der Waals surface area (Å²) in [6.45, 7) is 2.54. The molecule has 27 heavy (non-hydrogen) atoms. The highest BCUT2D eigenvalue weighted by Gasteiger charge is 2.34. The maximum Gasteiger partial charge on any atom is 0.337 e. The lowest BCUT2D eigenvalue weighted by Gasteiger charge is -2.20. The van der Waals surface area contributed by atoms with Crippen LogP contribution in [0.25, 0.3) is 11.3 Å². The third kappa shape index (κ3) is 3.97. The molecule has 0 saturated carbocycles. The van der Waals surface area contributed by atoms with Crippen molar-refractivity contribution >= 4 is 16.2 Å². The quantitative estimate of drug-likeness (QED) is 0.812. The van der Waals surface area contributed by atoms with E-state index in [0.29, 0.717) is 36.6 Å². The molecule has 0 unspecified atom stereocenters. The van der Waals surface area contributed by atoms with Crippen LogP contribution in [0, 0.1) is 6.92 Å². The summed E-state index contributed by atoms with van der Waals surface area (Å²) in [7, 11) is -0.433. The summed E-state index contributed by atoms with van der Waals surface area (Å²) in [5, 5.41) is 9.15. The molecule has 0 bridgehead atoms. The van der Waals surface area contributed by atoms with Gasteiger partial charge in [-0.3, -0.25) is 4.98 Å². The van der Waals surface area contributed by atoms with Crippen molar-refractivity contribution in [3.63, 3.8) is 0 Å². The fourth-order valence-electron chi connectivity index (χ4n) is 3.05. The Morgan fingerprint density at radius 1 is 1.26 bits per heavy atom. The van der Waals surface area contributed by atoms with E-state index < -0.39 is 16.2 Å². The van der Waals surface area contributed by atoms with Crippen LogP contribution >= 0.6 is 0 Å². The minimum atomic E-state index is -3.46. The molecule has 1 fully saturated rings. The molecule has 1 saturated heterocycles. The van der Waals surface area contributed by atoms with E-state index in [1.165, 1.54) is 35.0 Å². The van der Waals surface area contributed by atoms with E-state index in [1.54, 1.807) is 19.2 Å². The highest BCUT2D eigenvalue weighted by atomic mass is 32.2. The van der Waals surface area contributed by atoms with Gasteiger partial charge < -0.3 is 5.11 Å². The standard InChI is InChI=1S/C17H21N5O4S/c1-11-19-15(12-4-5-22(10-12)27(25,26)21(2)3)7-16(20-11)13-6-14(17(23)24)9-18-8-13/h6-9,12H,4-5,10H2,1-3H3,(H,23,24)/t12-/m0/s1. The van der Waals surface area contributed by atoms with Crippen LogP contribution in [-0.4, -0.2) is 70.2 Å². The molecule has 3 heterocycles. The molecule has 1 aliphatic rings. The lowest BCUT2D eigenvalue weighted by atomic mass is 10.0. The van der Waals surface area contributed by atoms with Crippen LogP contribution in [0.4, 0.5) is 0 Å². The molecule has 144 valence electrons. The van der Waals surface area contributed by atoms with Crippen molar-refractivity contribution in [2.75, 3.05) is 27.2 Å². The van der Waals surface area contributed by atoms with Crippen LogP contribution in [0.15, 0.2) is 24.5 Å². The molecular weight excluding hydrogens is 370 g/mol. The second kappa shape index (κ2) is 7.29. The molecule has 1 aliphatic heterocycles. The molecule has 0 radical (unpaired) electrons. The molecule has 1 atom stereocenters. The number of aromatic carboxylic acids is 1. The SMILES string of the molecule is Cc1nc(-c2cncc(C(=O)O)c2)cc([C@H]2CCN(S(=O)(=O)N(C)C)C2)n1. The zero-order valence-corrected chi connectivity index (χ0v) is 16.1. The average molecular weight is 391 g/mol. The van der Waals surface area contributed by atoms with E-state index in [9.17, 15) is 13.2 Å². The van der Waals surface area contributed by atoms with Gasteiger partial charge in [-0.2, -0.15) is 17.0 Å². The molecule has 0 aliphatic carbocycles. The number of hydrogen-bond acceptors (Lipinski definition) is 6. The minimum absolute atomic E-state index is 0.0456. The van der Waals surface area contributed by atoms with Crippen LogP contribution in [0.3, 0.4) is 0 Å². The highest BCUT2D eigenvalue weighted by molar-refractivity contribution is 7.86. The minimum Gasteiger partial charge on any atom is -0.478 e. The fraction of sp³-hybridized carbons (Fsp3) is 0.412. The van der Waals surface area contributed by atoms with Crippen LogP contribution in [0.1, 0.15) is 34.2 Å². The molecule has 0 spiro atoms. The number of carboxylic acid groups (broad SMARTS) is 1. The van der Waals surface area contributed by atoms with E-state index >= 15 is 0 Å². The number of carboxylic acids is 1. The number of carbonyl (C=O) groups is 1. The summed E-state index contributed by atoms with van der Waals surface area (Å²) < 4.78 is 27.3. The molecule has 0 aromatic carbocycles. The molecule has 2 aromatic heterocycles. The van der Waals surface area contributed by atoms with Crippen molar-refractivity contribution in [3.05, 3.63) is 41.6 Å². The van der Waals surface area contributed by atoms with Crippen molar-refractivity contribution in [2.45, 2.75) is 19.3 Å². The van der Waals surface area contributed by atoms with Gasteiger partial charge in [0.25, 0.3) is 10.2 Å². The Balaban J connectivity index is 1.91. The maximum absolute atomic E-state index is 12.3. The Kier molecular flexibility index (Phi) is 5.22. The van der Waals surface area contributed by atoms with E-state index in [-0.39, 0.29) is 11.5 Å². The topological polar surface area (TPSA) is 117 Å². The zero-order chi connectivity index (χ0) is 19.8. The normalized spacial score (nSPS) is 18.1. The van der Waals surface area contributed by atoms with E-state index in [0.717, 1.165) is 5.69 Å². The van der Waals surface area contributed by atoms with Crippen molar-refractivity contribution in [1.82, 2.24) is 23.6 Å². The number of nitrogens with zero attached hydrogens (tertiary/aromatic N) is 5. The van der Waals surface area contributed by atoms with Crippen LogP contribution in [0.2, 0.25) is 0 Å². The Morgan fingerprint density at radius 3 is 2.67 bits per heavy atom. The molecule has 9 nitrogen and oxygen atoms in total. The first-order chi connectivity index (χ1) is 12.7. The van der Waals surface area contributed by atoms with Crippen LogP contribution in [-0.2, 0) is 10.2 Å². The van der Waals surface area contributed by atoms with E-state index in [2.05, 4.69) is 15.0 Å². The van der Waals surface area contributed by atoms with E-state index in [1.807, 2.05) is 0 Å². The summed E-state index contributed by atoms with van der Waals surface area (Å²) in [6, 6.07) is 3.30. The van der Waals surface area contributed by atoms with Gasteiger partial charge in [0.05, 0.1) is 11.3 Å². The largest absolute Gasteiger partial charge is 0.478 e. The summed E-state index contributed by atoms with van der Waals surface area (Å²) in [6.07, 6.45) is 3.49. The van der Waals surface area contributed by atoms with Gasteiger partial charge in [0.1, 0.15) is 5.82 Å². The number of pyridine rings is 1. The highest BCUT2D eigenvalue weighted by Crippen LogP contribution is 2.30. The van der Waals surface area contributed by atoms with Gasteiger partial charge in [0.2, 0.25) is 0 Å². The number of hydrogen-bond donors (Lipinski definition) is 1. The van der Waals surface area contributed by atoms with Gasteiger partial charge in [-0.15, -0.1) is 0 Å². The second-order valence-corrected chi connectivity index (χ2v) is 8.77. The first-order valence-corrected chi connectivity index (χ1v) is 9.80. The lowest BCUT2D eigenvalue weighted by Crippen LogP contribution is -2.38. The Morgan fingerprint density at radius 2 is 2.00 bits per heavy atom. The van der Waals surface area contributed by atoms with Gasteiger partial charge in [0, 0.05) is 56.8 Å². The van der Waals surface area contributed by atoms with Crippen molar-refractivity contribution < 1.29 is 18.3 Å². The lowest BCUT2D eigenvalue weighted by molar-refractivity contribution is 0.0696. The Hall–Kier alpha value is -2.43. The Labute approximate surface area is 157 Å². The van der Waals surface area contributed by atoms with Gasteiger partial charge in [-0.1, -0.05) is 0 Å². The van der Waals surface area contributed by atoms with Gasteiger partial charge in [0.15, 0.2) is 0 Å². The predicted molar refractivity (Wildman–Crippen MR) is 98.5 cm³/mol. The molecule has 0 amide bonds. The second-order valence-electron chi connectivity index (χ2n) is 6.63. The smallest absolute Gasteiger partial charge is 0.337 e.